The standard InChI is InChI=1S/C15H14ClIO3/c1-19-14-7-11(8-18)6-13(17)15(14)20-9-10-3-2-4-12(16)5-10/h2-7,18H,8-9H2,1H3. The van der Waals surface area contributed by atoms with E-state index in [1.165, 1.54) is 0 Å². The molecule has 0 heterocycles. The lowest BCUT2D eigenvalue weighted by atomic mass is 10.2. The first-order chi connectivity index (χ1) is 9.63. The van der Waals surface area contributed by atoms with Crippen LogP contribution in [0.5, 0.6) is 11.5 Å². The number of aliphatic hydroxyl groups is 1. The first kappa shape index (κ1) is 15.4. The van der Waals surface area contributed by atoms with Crippen LogP contribution >= 0.6 is 34.2 Å². The van der Waals surface area contributed by atoms with Gasteiger partial charge in [0.25, 0.3) is 0 Å². The molecule has 3 nitrogen and oxygen atoms in total. The number of halogens is 2. The van der Waals surface area contributed by atoms with Crippen LogP contribution in [0.3, 0.4) is 0 Å². The highest BCUT2D eigenvalue weighted by Gasteiger charge is 2.11. The Morgan fingerprint density at radius 2 is 2.00 bits per heavy atom. The number of hydrogen-bond acceptors (Lipinski definition) is 3. The maximum Gasteiger partial charge on any atom is 0.174 e. The van der Waals surface area contributed by atoms with Crippen LogP contribution in [-0.2, 0) is 13.2 Å². The second-order valence-electron chi connectivity index (χ2n) is 4.19. The van der Waals surface area contributed by atoms with Crippen LogP contribution in [0, 0.1) is 3.57 Å². The molecule has 0 bridgehead atoms. The van der Waals surface area contributed by atoms with Crippen molar-refractivity contribution in [3.63, 3.8) is 0 Å². The van der Waals surface area contributed by atoms with E-state index >= 15 is 0 Å². The van der Waals surface area contributed by atoms with Crippen molar-refractivity contribution in [3.8, 4) is 11.5 Å². The highest BCUT2D eigenvalue weighted by molar-refractivity contribution is 14.1. The highest BCUT2D eigenvalue weighted by Crippen LogP contribution is 2.34. The molecule has 20 heavy (non-hydrogen) atoms. The third-order valence-corrected chi connectivity index (χ3v) is 3.78. The van der Waals surface area contributed by atoms with Gasteiger partial charge < -0.3 is 14.6 Å². The van der Waals surface area contributed by atoms with Crippen molar-refractivity contribution in [1.82, 2.24) is 0 Å². The predicted octanol–water partition coefficient (Wildman–Crippen LogP) is 4.02. The first-order valence-corrected chi connectivity index (χ1v) is 7.44. The monoisotopic (exact) mass is 404 g/mol. The van der Waals surface area contributed by atoms with Gasteiger partial charge in [0, 0.05) is 5.02 Å². The van der Waals surface area contributed by atoms with E-state index < -0.39 is 0 Å². The maximum atomic E-state index is 9.20. The van der Waals surface area contributed by atoms with E-state index in [1.54, 1.807) is 13.2 Å². The summed E-state index contributed by atoms with van der Waals surface area (Å²) >= 11 is 8.11. The second kappa shape index (κ2) is 7.15. The zero-order chi connectivity index (χ0) is 14.5. The zero-order valence-corrected chi connectivity index (χ0v) is 13.8. The van der Waals surface area contributed by atoms with E-state index in [0.717, 1.165) is 14.7 Å². The van der Waals surface area contributed by atoms with Gasteiger partial charge in [0.2, 0.25) is 0 Å². The van der Waals surface area contributed by atoms with Crippen molar-refractivity contribution in [2.24, 2.45) is 0 Å². The summed E-state index contributed by atoms with van der Waals surface area (Å²) in [6.07, 6.45) is 0. The van der Waals surface area contributed by atoms with Crippen LogP contribution in [0.4, 0.5) is 0 Å². The van der Waals surface area contributed by atoms with E-state index in [-0.39, 0.29) is 6.61 Å². The lowest BCUT2D eigenvalue weighted by Crippen LogP contribution is -2.01. The van der Waals surface area contributed by atoms with E-state index in [2.05, 4.69) is 22.6 Å². The van der Waals surface area contributed by atoms with Crippen LogP contribution in [0.15, 0.2) is 36.4 Å². The van der Waals surface area contributed by atoms with Gasteiger partial charge in [0.15, 0.2) is 11.5 Å². The molecule has 0 atom stereocenters. The van der Waals surface area contributed by atoms with Gasteiger partial charge in [0.1, 0.15) is 6.61 Å². The average Bonchev–Trinajstić information content (AvgIpc) is 2.45. The van der Waals surface area contributed by atoms with Crippen molar-refractivity contribution in [2.75, 3.05) is 7.11 Å². The summed E-state index contributed by atoms with van der Waals surface area (Å²) in [6.45, 7) is 0.381. The largest absolute Gasteiger partial charge is 0.493 e. The molecule has 0 aliphatic heterocycles. The number of aliphatic hydroxyl groups excluding tert-OH is 1. The minimum Gasteiger partial charge on any atom is -0.493 e. The molecule has 2 aromatic rings. The van der Waals surface area contributed by atoms with Crippen LogP contribution in [0.1, 0.15) is 11.1 Å². The second-order valence-corrected chi connectivity index (χ2v) is 5.78. The van der Waals surface area contributed by atoms with Gasteiger partial charge in [-0.1, -0.05) is 23.7 Å². The Bertz CT molecular complexity index is 602. The smallest absolute Gasteiger partial charge is 0.174 e. The van der Waals surface area contributed by atoms with Crippen LogP contribution in [-0.4, -0.2) is 12.2 Å². The van der Waals surface area contributed by atoms with Crippen molar-refractivity contribution in [2.45, 2.75) is 13.2 Å². The zero-order valence-electron chi connectivity index (χ0n) is 10.9. The molecule has 0 spiro atoms. The van der Waals surface area contributed by atoms with E-state index in [9.17, 15) is 5.11 Å². The van der Waals surface area contributed by atoms with Gasteiger partial charge in [-0.05, 0) is 58.0 Å². The summed E-state index contributed by atoms with van der Waals surface area (Å²) in [4.78, 5) is 0. The van der Waals surface area contributed by atoms with Gasteiger partial charge in [-0.3, -0.25) is 0 Å². The number of methoxy groups -OCH3 is 1. The molecule has 1 N–H and O–H groups in total. The Morgan fingerprint density at radius 1 is 1.20 bits per heavy atom. The molecule has 0 aromatic heterocycles. The third kappa shape index (κ3) is 3.77. The molecule has 2 aromatic carbocycles. The molecular weight excluding hydrogens is 391 g/mol. The van der Waals surface area contributed by atoms with E-state index in [1.807, 2.05) is 30.3 Å². The molecule has 5 heteroatoms. The summed E-state index contributed by atoms with van der Waals surface area (Å²) in [5, 5.41) is 9.88. The van der Waals surface area contributed by atoms with Crippen LogP contribution < -0.4 is 9.47 Å². The maximum absolute atomic E-state index is 9.20. The minimum atomic E-state index is -0.0269. The fraction of sp³-hybridized carbons (Fsp3) is 0.200. The summed E-state index contributed by atoms with van der Waals surface area (Å²) in [7, 11) is 1.58. The van der Waals surface area contributed by atoms with Gasteiger partial charge >= 0.3 is 0 Å². The topological polar surface area (TPSA) is 38.7 Å². The van der Waals surface area contributed by atoms with Gasteiger partial charge in [-0.15, -0.1) is 0 Å². The normalized spacial score (nSPS) is 10.4. The highest BCUT2D eigenvalue weighted by atomic mass is 127. The molecule has 0 saturated heterocycles. The Balaban J connectivity index is 2.20. The number of rotatable bonds is 5. The quantitative estimate of drug-likeness (QED) is 0.765. The summed E-state index contributed by atoms with van der Waals surface area (Å²) in [5.41, 5.74) is 1.78. The summed E-state index contributed by atoms with van der Waals surface area (Å²) < 4.78 is 12.0. The Kier molecular flexibility index (Phi) is 5.51. The van der Waals surface area contributed by atoms with Crippen molar-refractivity contribution < 1.29 is 14.6 Å². The molecule has 0 unspecified atom stereocenters. The lowest BCUT2D eigenvalue weighted by Gasteiger charge is -2.14. The summed E-state index contributed by atoms with van der Waals surface area (Å²) in [5.74, 6) is 1.29. The lowest BCUT2D eigenvalue weighted by molar-refractivity contribution is 0.273. The fourth-order valence-electron chi connectivity index (χ4n) is 1.79. The molecular formula is C15H14ClIO3. The molecule has 0 saturated carbocycles. The first-order valence-electron chi connectivity index (χ1n) is 5.98. The number of ether oxygens (including phenoxy) is 2. The van der Waals surface area contributed by atoms with E-state index in [0.29, 0.717) is 23.1 Å². The molecule has 0 amide bonds. The predicted molar refractivity (Wildman–Crippen MR) is 87.4 cm³/mol. The fourth-order valence-corrected chi connectivity index (χ4v) is 2.82. The Hall–Kier alpha value is -0.980. The minimum absolute atomic E-state index is 0.0269. The van der Waals surface area contributed by atoms with Gasteiger partial charge in [-0.25, -0.2) is 0 Å². The Morgan fingerprint density at radius 3 is 2.65 bits per heavy atom. The van der Waals surface area contributed by atoms with Gasteiger partial charge in [0.05, 0.1) is 17.3 Å². The molecule has 2 rings (SSSR count). The number of benzene rings is 2. The van der Waals surface area contributed by atoms with Crippen molar-refractivity contribution >= 4 is 34.2 Å². The van der Waals surface area contributed by atoms with Crippen LogP contribution in [0.2, 0.25) is 5.02 Å². The van der Waals surface area contributed by atoms with Crippen LogP contribution in [0.25, 0.3) is 0 Å². The SMILES string of the molecule is COc1cc(CO)cc(I)c1OCc1cccc(Cl)c1. The molecule has 0 aliphatic rings. The number of hydrogen-bond donors (Lipinski definition) is 1. The average molecular weight is 405 g/mol. The van der Waals surface area contributed by atoms with Crippen molar-refractivity contribution in [1.29, 1.82) is 0 Å². The molecule has 0 fully saturated rings. The van der Waals surface area contributed by atoms with E-state index in [4.69, 9.17) is 21.1 Å². The summed E-state index contributed by atoms with van der Waals surface area (Å²) in [6, 6.07) is 11.2. The Labute approximate surface area is 136 Å². The van der Waals surface area contributed by atoms with Gasteiger partial charge in [-0.2, -0.15) is 0 Å². The molecule has 0 radical (unpaired) electrons. The molecule has 106 valence electrons. The third-order valence-electron chi connectivity index (χ3n) is 2.74. The van der Waals surface area contributed by atoms with Crippen molar-refractivity contribution in [3.05, 3.63) is 56.1 Å². The molecule has 0 aliphatic carbocycles.